The van der Waals surface area contributed by atoms with E-state index in [9.17, 15) is 14.9 Å². The second kappa shape index (κ2) is 10.8. The molecule has 34 heavy (non-hydrogen) atoms. The molecule has 2 aromatic heterocycles. The lowest BCUT2D eigenvalue weighted by Gasteiger charge is -2.22. The van der Waals surface area contributed by atoms with Gasteiger partial charge in [-0.1, -0.05) is 58.0 Å². The summed E-state index contributed by atoms with van der Waals surface area (Å²) in [5.41, 5.74) is 7.24. The summed E-state index contributed by atoms with van der Waals surface area (Å²) in [6.07, 6.45) is 0. The van der Waals surface area contributed by atoms with Crippen LogP contribution in [0, 0.1) is 23.2 Å². The van der Waals surface area contributed by atoms with E-state index in [1.54, 1.807) is 6.07 Å². The third-order valence-electron chi connectivity index (χ3n) is 5.15. The van der Waals surface area contributed by atoms with Crippen molar-refractivity contribution in [2.75, 3.05) is 18.4 Å². The lowest BCUT2D eigenvalue weighted by molar-refractivity contribution is -0.118. The number of hydrogen-bond donors (Lipinski definition) is 2. The first-order valence-electron chi connectivity index (χ1n) is 11.4. The molecule has 1 aromatic carbocycles. The molecule has 2 amide bonds. The van der Waals surface area contributed by atoms with Gasteiger partial charge in [0.15, 0.2) is 0 Å². The number of nitrogens with one attached hydrogen (secondary N) is 1. The van der Waals surface area contributed by atoms with Crippen LogP contribution in [-0.4, -0.2) is 44.3 Å². The number of primary amides is 1. The first-order valence-corrected chi connectivity index (χ1v) is 11.4. The number of carbonyl (C=O) groups excluding carboxylic acids is 2. The number of carbonyl (C=O) groups is 2. The fourth-order valence-electron chi connectivity index (χ4n) is 3.69. The van der Waals surface area contributed by atoms with Crippen LogP contribution in [0.3, 0.4) is 0 Å². The molecule has 178 valence electrons. The summed E-state index contributed by atoms with van der Waals surface area (Å²) in [7, 11) is 0. The third kappa shape index (κ3) is 5.90. The zero-order valence-electron chi connectivity index (χ0n) is 20.1. The standard InChI is InChI=1S/C25H31N7O2/c1-16(2)12-28-23-19-10-20(32(13-17(3)4)24(19)30-22(11-26)29-23)25(34)31(15-21(27)33)14-18-8-6-5-7-9-18/h5-10,16-17H,12-15H2,1-4H3,(H2,27,33)(H,28,29,30). The van der Waals surface area contributed by atoms with Crippen molar-refractivity contribution in [3.8, 4) is 6.07 Å². The number of hydrogen-bond acceptors (Lipinski definition) is 6. The van der Waals surface area contributed by atoms with Crippen LogP contribution in [0.5, 0.6) is 0 Å². The molecule has 0 saturated heterocycles. The Kier molecular flexibility index (Phi) is 7.84. The fourth-order valence-corrected chi connectivity index (χ4v) is 3.69. The number of anilines is 1. The molecule has 3 N–H and O–H groups in total. The molecule has 0 unspecified atom stereocenters. The highest BCUT2D eigenvalue weighted by molar-refractivity contribution is 6.01. The van der Waals surface area contributed by atoms with E-state index < -0.39 is 5.91 Å². The van der Waals surface area contributed by atoms with Crippen LogP contribution < -0.4 is 11.1 Å². The van der Waals surface area contributed by atoms with Crippen molar-refractivity contribution in [1.29, 1.82) is 5.26 Å². The first-order chi connectivity index (χ1) is 16.2. The average Bonchev–Trinajstić information content (AvgIpc) is 3.14. The summed E-state index contributed by atoms with van der Waals surface area (Å²) >= 11 is 0. The molecule has 0 aliphatic rings. The van der Waals surface area contributed by atoms with E-state index in [0.29, 0.717) is 41.6 Å². The molecular formula is C25H31N7O2. The summed E-state index contributed by atoms with van der Waals surface area (Å²) in [5.74, 6) is 0.159. The topological polar surface area (TPSA) is 130 Å². The van der Waals surface area contributed by atoms with Gasteiger partial charge in [-0.2, -0.15) is 5.26 Å². The Labute approximate surface area is 199 Å². The maximum Gasteiger partial charge on any atom is 0.271 e. The van der Waals surface area contributed by atoms with Crippen molar-refractivity contribution in [3.63, 3.8) is 0 Å². The van der Waals surface area contributed by atoms with Gasteiger partial charge in [0.05, 0.1) is 5.39 Å². The predicted octanol–water partition coefficient (Wildman–Crippen LogP) is 3.15. The zero-order chi connectivity index (χ0) is 24.8. The van der Waals surface area contributed by atoms with Crippen molar-refractivity contribution in [2.45, 2.75) is 40.8 Å². The van der Waals surface area contributed by atoms with E-state index >= 15 is 0 Å². The van der Waals surface area contributed by atoms with Gasteiger partial charge in [0.1, 0.15) is 29.8 Å². The van der Waals surface area contributed by atoms with E-state index in [1.165, 1.54) is 4.90 Å². The Hall–Kier alpha value is -3.93. The minimum atomic E-state index is -0.596. The van der Waals surface area contributed by atoms with E-state index in [2.05, 4.69) is 29.1 Å². The Bertz CT molecular complexity index is 1210. The SMILES string of the molecule is CC(C)CNc1nc(C#N)nc2c1cc(C(=O)N(CC(N)=O)Cc1ccccc1)n2CC(C)C. The number of nitriles is 1. The minimum absolute atomic E-state index is 0.0270. The van der Waals surface area contributed by atoms with Crippen molar-refractivity contribution < 1.29 is 9.59 Å². The van der Waals surface area contributed by atoms with Gasteiger partial charge in [-0.3, -0.25) is 9.59 Å². The number of rotatable bonds is 10. The fraction of sp³-hybridized carbons (Fsp3) is 0.400. The quantitative estimate of drug-likeness (QED) is 0.477. The molecule has 0 spiro atoms. The number of aromatic nitrogens is 3. The van der Waals surface area contributed by atoms with Crippen molar-refractivity contribution in [2.24, 2.45) is 17.6 Å². The summed E-state index contributed by atoms with van der Waals surface area (Å²) < 4.78 is 1.81. The van der Waals surface area contributed by atoms with E-state index in [0.717, 1.165) is 5.56 Å². The molecule has 0 radical (unpaired) electrons. The van der Waals surface area contributed by atoms with Crippen molar-refractivity contribution in [3.05, 3.63) is 53.5 Å². The Balaban J connectivity index is 2.14. The molecule has 0 saturated carbocycles. The van der Waals surface area contributed by atoms with Gasteiger partial charge in [0.2, 0.25) is 11.7 Å². The molecule has 0 fully saturated rings. The Morgan fingerprint density at radius 1 is 1.15 bits per heavy atom. The second-order valence-electron chi connectivity index (χ2n) is 9.17. The van der Waals surface area contributed by atoms with Crippen LogP contribution in [0.4, 0.5) is 5.82 Å². The van der Waals surface area contributed by atoms with Crippen LogP contribution in [0.1, 0.15) is 49.6 Å². The summed E-state index contributed by atoms with van der Waals surface area (Å²) in [5, 5.41) is 13.4. The zero-order valence-corrected chi connectivity index (χ0v) is 20.1. The maximum absolute atomic E-state index is 13.8. The number of amides is 2. The largest absolute Gasteiger partial charge is 0.369 e. The van der Waals surface area contributed by atoms with Gasteiger partial charge >= 0.3 is 0 Å². The molecule has 0 atom stereocenters. The molecule has 0 aliphatic carbocycles. The van der Waals surface area contributed by atoms with Crippen LogP contribution >= 0.6 is 0 Å². The third-order valence-corrected chi connectivity index (χ3v) is 5.15. The molecule has 3 aromatic rings. The molecular weight excluding hydrogens is 430 g/mol. The minimum Gasteiger partial charge on any atom is -0.369 e. The highest BCUT2D eigenvalue weighted by Gasteiger charge is 2.26. The van der Waals surface area contributed by atoms with Gasteiger partial charge in [-0.05, 0) is 23.5 Å². The predicted molar refractivity (Wildman–Crippen MR) is 131 cm³/mol. The average molecular weight is 462 g/mol. The lowest BCUT2D eigenvalue weighted by atomic mass is 10.2. The van der Waals surface area contributed by atoms with Gasteiger partial charge in [-0.25, -0.2) is 9.97 Å². The van der Waals surface area contributed by atoms with Gasteiger partial charge < -0.3 is 20.5 Å². The normalized spacial score (nSPS) is 11.1. The maximum atomic E-state index is 13.8. The van der Waals surface area contributed by atoms with E-state index in [4.69, 9.17) is 5.73 Å². The summed E-state index contributed by atoms with van der Waals surface area (Å²) in [6.45, 7) is 9.39. The molecule has 9 nitrogen and oxygen atoms in total. The monoisotopic (exact) mass is 461 g/mol. The van der Waals surface area contributed by atoms with Gasteiger partial charge in [0.25, 0.3) is 5.91 Å². The number of fused-ring (bicyclic) bond motifs is 1. The number of nitrogens with zero attached hydrogens (tertiary/aromatic N) is 5. The number of nitrogens with two attached hydrogens (primary N) is 1. The van der Waals surface area contributed by atoms with Crippen LogP contribution in [-0.2, 0) is 17.9 Å². The smallest absolute Gasteiger partial charge is 0.271 e. The Morgan fingerprint density at radius 2 is 1.85 bits per heavy atom. The highest BCUT2D eigenvalue weighted by Crippen LogP contribution is 2.27. The summed E-state index contributed by atoms with van der Waals surface area (Å²) in [4.78, 5) is 35.8. The van der Waals surface area contributed by atoms with E-state index in [-0.39, 0.29) is 30.7 Å². The lowest BCUT2D eigenvalue weighted by Crippen LogP contribution is -2.39. The molecule has 0 bridgehead atoms. The van der Waals surface area contributed by atoms with Crippen LogP contribution in [0.2, 0.25) is 0 Å². The number of benzene rings is 1. The van der Waals surface area contributed by atoms with Crippen LogP contribution in [0.15, 0.2) is 36.4 Å². The molecule has 3 rings (SSSR count). The van der Waals surface area contributed by atoms with Crippen molar-refractivity contribution in [1.82, 2.24) is 19.4 Å². The highest BCUT2D eigenvalue weighted by atomic mass is 16.2. The molecule has 0 aliphatic heterocycles. The Morgan fingerprint density at radius 3 is 2.44 bits per heavy atom. The first kappa shape index (κ1) is 24.7. The summed E-state index contributed by atoms with van der Waals surface area (Å²) in [6, 6.07) is 13.2. The van der Waals surface area contributed by atoms with E-state index in [1.807, 2.05) is 54.8 Å². The molecule has 9 heteroatoms. The molecule has 2 heterocycles. The van der Waals surface area contributed by atoms with Crippen molar-refractivity contribution >= 4 is 28.7 Å². The van der Waals surface area contributed by atoms with Gasteiger partial charge in [-0.15, -0.1) is 0 Å². The van der Waals surface area contributed by atoms with Crippen LogP contribution in [0.25, 0.3) is 11.0 Å². The second-order valence-corrected chi connectivity index (χ2v) is 9.17. The van der Waals surface area contributed by atoms with Gasteiger partial charge in [0, 0.05) is 19.6 Å².